The van der Waals surface area contributed by atoms with Crippen molar-refractivity contribution < 1.29 is 9.53 Å². The number of aliphatic imine (C=N–C) groups is 1. The zero-order valence-electron chi connectivity index (χ0n) is 9.70. The molecular weight excluding hydrogens is 238 g/mol. The van der Waals surface area contributed by atoms with Gasteiger partial charge in [0.25, 0.3) is 0 Å². The molecule has 1 fully saturated rings. The van der Waals surface area contributed by atoms with Crippen molar-refractivity contribution in [3.8, 4) is 5.75 Å². The van der Waals surface area contributed by atoms with Gasteiger partial charge < -0.3 is 4.74 Å². The highest BCUT2D eigenvalue weighted by Crippen LogP contribution is 2.46. The maximum atomic E-state index is 10.6. The SMILES string of the molecule is COc1cc(Cl)ccc1C1(N=C=O)CCCC1. The Hall–Kier alpha value is -1.31. The van der Waals surface area contributed by atoms with Gasteiger partial charge >= 0.3 is 0 Å². The van der Waals surface area contributed by atoms with Gasteiger partial charge in [0.15, 0.2) is 0 Å². The predicted molar refractivity (Wildman–Crippen MR) is 66.3 cm³/mol. The Bertz CT molecular complexity index is 460. The van der Waals surface area contributed by atoms with Crippen molar-refractivity contribution in [3.63, 3.8) is 0 Å². The summed E-state index contributed by atoms with van der Waals surface area (Å²) in [5.74, 6) is 0.693. The quantitative estimate of drug-likeness (QED) is 0.610. The molecule has 2 rings (SSSR count). The molecule has 4 heteroatoms. The molecule has 0 atom stereocenters. The summed E-state index contributed by atoms with van der Waals surface area (Å²) >= 11 is 5.94. The molecule has 3 nitrogen and oxygen atoms in total. The van der Waals surface area contributed by atoms with Crippen LogP contribution in [-0.2, 0) is 10.3 Å². The van der Waals surface area contributed by atoms with Crippen LogP contribution in [-0.4, -0.2) is 13.2 Å². The highest BCUT2D eigenvalue weighted by Gasteiger charge is 2.37. The van der Waals surface area contributed by atoms with Gasteiger partial charge in [-0.3, -0.25) is 0 Å². The minimum atomic E-state index is -0.461. The zero-order chi connectivity index (χ0) is 12.3. The number of hydrogen-bond acceptors (Lipinski definition) is 3. The summed E-state index contributed by atoms with van der Waals surface area (Å²) in [5, 5.41) is 0.619. The Morgan fingerprint density at radius 1 is 1.41 bits per heavy atom. The molecule has 0 aliphatic heterocycles. The largest absolute Gasteiger partial charge is 0.496 e. The second-order valence-electron chi connectivity index (χ2n) is 4.29. The summed E-state index contributed by atoms with van der Waals surface area (Å²) in [6.45, 7) is 0. The topological polar surface area (TPSA) is 38.7 Å². The minimum Gasteiger partial charge on any atom is -0.496 e. The second-order valence-corrected chi connectivity index (χ2v) is 4.72. The van der Waals surface area contributed by atoms with Crippen LogP contribution in [0.25, 0.3) is 0 Å². The average molecular weight is 252 g/mol. The molecule has 1 aliphatic rings. The lowest BCUT2D eigenvalue weighted by Gasteiger charge is -2.25. The lowest BCUT2D eigenvalue weighted by Crippen LogP contribution is -2.19. The maximum absolute atomic E-state index is 10.6. The molecule has 0 heterocycles. The molecule has 1 aromatic carbocycles. The molecular formula is C13H14ClNO2. The number of benzene rings is 1. The first kappa shape index (κ1) is 12.2. The number of rotatable bonds is 3. The van der Waals surface area contributed by atoms with E-state index in [-0.39, 0.29) is 0 Å². The Morgan fingerprint density at radius 3 is 2.71 bits per heavy atom. The highest BCUT2D eigenvalue weighted by molar-refractivity contribution is 6.30. The minimum absolute atomic E-state index is 0.461. The van der Waals surface area contributed by atoms with Gasteiger partial charge in [0, 0.05) is 10.6 Å². The summed E-state index contributed by atoms with van der Waals surface area (Å²) in [6, 6.07) is 5.46. The van der Waals surface area contributed by atoms with Crippen molar-refractivity contribution in [1.82, 2.24) is 0 Å². The van der Waals surface area contributed by atoms with Crippen molar-refractivity contribution in [1.29, 1.82) is 0 Å². The molecule has 90 valence electrons. The van der Waals surface area contributed by atoms with Crippen LogP contribution in [0.4, 0.5) is 0 Å². The fraction of sp³-hybridized carbons (Fsp3) is 0.462. The first-order chi connectivity index (χ1) is 8.22. The van der Waals surface area contributed by atoms with Crippen molar-refractivity contribution in [3.05, 3.63) is 28.8 Å². The Morgan fingerprint density at radius 2 is 2.12 bits per heavy atom. The molecule has 0 amide bonds. The zero-order valence-corrected chi connectivity index (χ0v) is 10.5. The van der Waals surface area contributed by atoms with E-state index in [1.807, 2.05) is 6.07 Å². The van der Waals surface area contributed by atoms with E-state index in [2.05, 4.69) is 4.99 Å². The molecule has 1 aromatic rings. The van der Waals surface area contributed by atoms with E-state index in [0.29, 0.717) is 10.8 Å². The number of isocyanates is 1. The second kappa shape index (κ2) is 4.91. The van der Waals surface area contributed by atoms with Crippen molar-refractivity contribution in [2.24, 2.45) is 4.99 Å². The summed E-state index contributed by atoms with van der Waals surface area (Å²) in [4.78, 5) is 14.7. The molecule has 17 heavy (non-hydrogen) atoms. The standard InChI is InChI=1S/C13H14ClNO2/c1-17-12-8-10(14)4-5-11(12)13(15-9-16)6-2-3-7-13/h4-5,8H,2-3,6-7H2,1H3. The van der Waals surface area contributed by atoms with Crippen LogP contribution in [0.15, 0.2) is 23.2 Å². The Kier molecular flexibility index (Phi) is 3.51. The molecule has 1 aliphatic carbocycles. The van der Waals surface area contributed by atoms with Gasteiger partial charge in [0.05, 0.1) is 7.11 Å². The lowest BCUT2D eigenvalue weighted by atomic mass is 9.88. The number of ether oxygens (including phenoxy) is 1. The fourth-order valence-corrected chi connectivity index (χ4v) is 2.70. The third-order valence-corrected chi connectivity index (χ3v) is 3.59. The normalized spacial score (nSPS) is 17.5. The fourth-order valence-electron chi connectivity index (χ4n) is 2.54. The summed E-state index contributed by atoms with van der Waals surface area (Å²) < 4.78 is 5.34. The van der Waals surface area contributed by atoms with Crippen LogP contribution in [0.5, 0.6) is 5.75 Å². The van der Waals surface area contributed by atoms with Crippen LogP contribution >= 0.6 is 11.6 Å². The van der Waals surface area contributed by atoms with Gasteiger partial charge in [0.1, 0.15) is 11.3 Å². The van der Waals surface area contributed by atoms with Gasteiger partial charge in [0.2, 0.25) is 6.08 Å². The van der Waals surface area contributed by atoms with E-state index in [9.17, 15) is 4.79 Å². The monoisotopic (exact) mass is 251 g/mol. The van der Waals surface area contributed by atoms with Crippen LogP contribution < -0.4 is 4.74 Å². The molecule has 0 radical (unpaired) electrons. The van der Waals surface area contributed by atoms with E-state index in [1.165, 1.54) is 0 Å². The van der Waals surface area contributed by atoms with Crippen LogP contribution in [0.2, 0.25) is 5.02 Å². The van der Waals surface area contributed by atoms with Gasteiger partial charge in [-0.05, 0) is 25.0 Å². The number of carbonyl (C=O) groups excluding carboxylic acids is 1. The third kappa shape index (κ3) is 2.21. The molecule has 0 N–H and O–H groups in total. The van der Waals surface area contributed by atoms with Crippen LogP contribution in [0.3, 0.4) is 0 Å². The molecule has 0 aromatic heterocycles. The number of nitrogens with zero attached hydrogens (tertiary/aromatic N) is 1. The van der Waals surface area contributed by atoms with Gasteiger partial charge in [-0.1, -0.05) is 30.5 Å². The number of hydrogen-bond donors (Lipinski definition) is 0. The van der Waals surface area contributed by atoms with Crippen molar-refractivity contribution in [2.75, 3.05) is 7.11 Å². The summed E-state index contributed by atoms with van der Waals surface area (Å²) in [7, 11) is 1.60. The van der Waals surface area contributed by atoms with E-state index in [4.69, 9.17) is 16.3 Å². The molecule has 0 unspecified atom stereocenters. The lowest BCUT2D eigenvalue weighted by molar-refractivity contribution is 0.379. The average Bonchev–Trinajstić information content (AvgIpc) is 2.79. The Balaban J connectivity index is 2.53. The first-order valence-electron chi connectivity index (χ1n) is 5.65. The number of methoxy groups -OCH3 is 1. The van der Waals surface area contributed by atoms with Gasteiger partial charge in [-0.15, -0.1) is 0 Å². The third-order valence-electron chi connectivity index (χ3n) is 3.36. The smallest absolute Gasteiger partial charge is 0.235 e. The summed E-state index contributed by atoms with van der Waals surface area (Å²) in [6.07, 6.45) is 5.56. The van der Waals surface area contributed by atoms with Crippen molar-refractivity contribution in [2.45, 2.75) is 31.2 Å². The highest BCUT2D eigenvalue weighted by atomic mass is 35.5. The van der Waals surface area contributed by atoms with Gasteiger partial charge in [-0.25, -0.2) is 4.79 Å². The van der Waals surface area contributed by atoms with Crippen molar-refractivity contribution >= 4 is 17.7 Å². The van der Waals surface area contributed by atoms with Gasteiger partial charge in [-0.2, -0.15) is 4.99 Å². The molecule has 0 bridgehead atoms. The Labute approximate surface area is 105 Å². The molecule has 0 saturated heterocycles. The van der Waals surface area contributed by atoms with E-state index in [1.54, 1.807) is 25.3 Å². The number of halogens is 1. The van der Waals surface area contributed by atoms with Crippen LogP contribution in [0.1, 0.15) is 31.2 Å². The van der Waals surface area contributed by atoms with Crippen LogP contribution in [0, 0.1) is 0 Å². The predicted octanol–water partition coefficient (Wildman–Crippen LogP) is 3.45. The summed E-state index contributed by atoms with van der Waals surface area (Å²) in [5.41, 5.74) is 0.475. The first-order valence-corrected chi connectivity index (χ1v) is 6.03. The van der Waals surface area contributed by atoms with E-state index in [0.717, 1.165) is 31.2 Å². The molecule has 1 saturated carbocycles. The van der Waals surface area contributed by atoms with E-state index < -0.39 is 5.54 Å². The van der Waals surface area contributed by atoms with E-state index >= 15 is 0 Å². The maximum Gasteiger partial charge on any atom is 0.235 e. The molecule has 0 spiro atoms.